The van der Waals surface area contributed by atoms with Crippen LogP contribution < -0.4 is 10.2 Å². The van der Waals surface area contributed by atoms with Gasteiger partial charge in [0.1, 0.15) is 5.69 Å². The van der Waals surface area contributed by atoms with E-state index in [2.05, 4.69) is 28.2 Å². The highest BCUT2D eigenvalue weighted by Crippen LogP contribution is 2.29. The van der Waals surface area contributed by atoms with Gasteiger partial charge in [-0.25, -0.2) is 8.78 Å². The van der Waals surface area contributed by atoms with Gasteiger partial charge in [0.25, 0.3) is 0 Å². The van der Waals surface area contributed by atoms with Gasteiger partial charge in [-0.15, -0.1) is 0 Å². The normalized spacial score (nSPS) is 19.6. The Hall–Kier alpha value is -0.680. The summed E-state index contributed by atoms with van der Waals surface area (Å²) < 4.78 is 28.1. The first-order valence-corrected chi connectivity index (χ1v) is 7.04. The van der Waals surface area contributed by atoms with Crippen molar-refractivity contribution in [2.24, 2.45) is 0 Å². The van der Waals surface area contributed by atoms with E-state index in [1.807, 2.05) is 0 Å². The maximum Gasteiger partial charge on any atom is 0.150 e. The first kappa shape index (κ1) is 13.7. The average Bonchev–Trinajstić information content (AvgIpc) is 2.73. The molecule has 100 valence electrons. The van der Waals surface area contributed by atoms with Gasteiger partial charge in [-0.3, -0.25) is 0 Å². The van der Waals surface area contributed by atoms with E-state index in [9.17, 15) is 8.78 Å². The Morgan fingerprint density at radius 3 is 2.67 bits per heavy atom. The number of hydrogen-bond acceptors (Lipinski definition) is 2. The van der Waals surface area contributed by atoms with Gasteiger partial charge in [0, 0.05) is 23.6 Å². The quantitative estimate of drug-likeness (QED) is 0.916. The van der Waals surface area contributed by atoms with Gasteiger partial charge in [0.2, 0.25) is 0 Å². The zero-order valence-corrected chi connectivity index (χ0v) is 11.9. The minimum absolute atomic E-state index is 0.0963. The third-order valence-corrected chi connectivity index (χ3v) is 3.63. The fraction of sp³-hybridized carbons (Fsp3) is 0.538. The van der Waals surface area contributed by atoms with Crippen LogP contribution >= 0.6 is 15.9 Å². The Bertz CT molecular complexity index is 402. The van der Waals surface area contributed by atoms with Gasteiger partial charge in [0.15, 0.2) is 11.6 Å². The molecule has 5 heteroatoms. The second kappa shape index (κ2) is 5.97. The molecule has 0 saturated carbocycles. The standard InChI is InChI=1S/C13H17BrF2N2/c1-2-4-17-10-3-5-18(8-10)13-11(15)6-9(14)7-12(13)16/h6-7,10,17H,2-5,8H2,1H3. The predicted octanol–water partition coefficient (Wildman–Crippen LogP) is 3.31. The average molecular weight is 319 g/mol. The summed E-state index contributed by atoms with van der Waals surface area (Å²) in [6, 6.07) is 2.95. The van der Waals surface area contributed by atoms with Gasteiger partial charge >= 0.3 is 0 Å². The van der Waals surface area contributed by atoms with Crippen molar-refractivity contribution in [3.63, 3.8) is 0 Å². The SMILES string of the molecule is CCCNC1CCN(c2c(F)cc(Br)cc2F)C1. The Morgan fingerprint density at radius 1 is 1.39 bits per heavy atom. The molecule has 1 atom stereocenters. The van der Waals surface area contributed by atoms with Gasteiger partial charge < -0.3 is 10.2 Å². The van der Waals surface area contributed by atoms with E-state index in [1.165, 1.54) is 12.1 Å². The molecule has 0 bridgehead atoms. The van der Waals surface area contributed by atoms with Gasteiger partial charge in [0.05, 0.1) is 0 Å². The van der Waals surface area contributed by atoms with E-state index >= 15 is 0 Å². The second-order valence-corrected chi connectivity index (χ2v) is 5.52. The van der Waals surface area contributed by atoms with E-state index in [0.717, 1.165) is 19.4 Å². The summed E-state index contributed by atoms with van der Waals surface area (Å²) in [7, 11) is 0. The summed E-state index contributed by atoms with van der Waals surface area (Å²) >= 11 is 3.09. The molecule has 1 fully saturated rings. The summed E-state index contributed by atoms with van der Waals surface area (Å²) in [5.41, 5.74) is 0.0963. The van der Waals surface area contributed by atoms with Crippen molar-refractivity contribution < 1.29 is 8.78 Å². The molecule has 0 amide bonds. The van der Waals surface area contributed by atoms with Crippen LogP contribution in [0.25, 0.3) is 0 Å². The van der Waals surface area contributed by atoms with Crippen LogP contribution in [0.2, 0.25) is 0 Å². The molecule has 1 unspecified atom stereocenters. The van der Waals surface area contributed by atoms with Crippen molar-refractivity contribution in [1.82, 2.24) is 5.32 Å². The van der Waals surface area contributed by atoms with Crippen LogP contribution in [0, 0.1) is 11.6 Å². The van der Waals surface area contributed by atoms with E-state index in [1.54, 1.807) is 4.90 Å². The topological polar surface area (TPSA) is 15.3 Å². The number of anilines is 1. The molecule has 0 spiro atoms. The molecule has 1 saturated heterocycles. The molecular weight excluding hydrogens is 302 g/mol. The number of nitrogens with zero attached hydrogens (tertiary/aromatic N) is 1. The van der Waals surface area contributed by atoms with Crippen molar-refractivity contribution >= 4 is 21.6 Å². The highest BCUT2D eigenvalue weighted by Gasteiger charge is 2.26. The van der Waals surface area contributed by atoms with Crippen molar-refractivity contribution in [2.45, 2.75) is 25.8 Å². The highest BCUT2D eigenvalue weighted by molar-refractivity contribution is 9.10. The molecule has 1 aliphatic heterocycles. The summed E-state index contributed by atoms with van der Waals surface area (Å²) in [6.45, 7) is 4.41. The number of hydrogen-bond donors (Lipinski definition) is 1. The zero-order chi connectivity index (χ0) is 13.1. The monoisotopic (exact) mass is 318 g/mol. The molecule has 1 aliphatic rings. The number of benzene rings is 1. The van der Waals surface area contributed by atoms with Crippen LogP contribution in [-0.2, 0) is 0 Å². The van der Waals surface area contributed by atoms with E-state index < -0.39 is 11.6 Å². The van der Waals surface area contributed by atoms with Gasteiger partial charge in [-0.05, 0) is 31.5 Å². The third kappa shape index (κ3) is 3.01. The lowest BCUT2D eigenvalue weighted by Crippen LogP contribution is -2.33. The maximum absolute atomic E-state index is 13.8. The molecule has 1 N–H and O–H groups in total. The lowest BCUT2D eigenvalue weighted by atomic mass is 10.2. The molecule has 2 rings (SSSR count). The Kier molecular flexibility index (Phi) is 4.56. The fourth-order valence-electron chi connectivity index (χ4n) is 2.32. The summed E-state index contributed by atoms with van der Waals surface area (Å²) in [5.74, 6) is -1.00. The molecule has 1 aromatic carbocycles. The minimum atomic E-state index is -0.502. The maximum atomic E-state index is 13.8. The molecule has 1 heterocycles. The molecule has 0 aliphatic carbocycles. The van der Waals surface area contributed by atoms with E-state index in [-0.39, 0.29) is 5.69 Å². The van der Waals surface area contributed by atoms with Gasteiger partial charge in [-0.1, -0.05) is 22.9 Å². The van der Waals surface area contributed by atoms with Crippen molar-refractivity contribution in [1.29, 1.82) is 0 Å². The Morgan fingerprint density at radius 2 is 2.06 bits per heavy atom. The molecule has 0 aromatic heterocycles. The lowest BCUT2D eigenvalue weighted by Gasteiger charge is -2.20. The highest BCUT2D eigenvalue weighted by atomic mass is 79.9. The predicted molar refractivity (Wildman–Crippen MR) is 73.0 cm³/mol. The Balaban J connectivity index is 2.09. The fourth-order valence-corrected chi connectivity index (χ4v) is 2.72. The first-order valence-electron chi connectivity index (χ1n) is 6.24. The van der Waals surface area contributed by atoms with Gasteiger partial charge in [-0.2, -0.15) is 0 Å². The largest absolute Gasteiger partial charge is 0.365 e. The Labute approximate surface area is 114 Å². The lowest BCUT2D eigenvalue weighted by molar-refractivity contribution is 0.545. The third-order valence-electron chi connectivity index (χ3n) is 3.17. The van der Waals surface area contributed by atoms with Crippen LogP contribution in [0.15, 0.2) is 16.6 Å². The summed E-state index contributed by atoms with van der Waals surface area (Å²) in [5, 5.41) is 3.39. The van der Waals surface area contributed by atoms with Crippen molar-refractivity contribution in [3.05, 3.63) is 28.2 Å². The smallest absolute Gasteiger partial charge is 0.150 e. The number of halogens is 3. The van der Waals surface area contributed by atoms with Crippen LogP contribution in [0.1, 0.15) is 19.8 Å². The minimum Gasteiger partial charge on any atom is -0.365 e. The summed E-state index contributed by atoms with van der Waals surface area (Å²) in [4.78, 5) is 1.78. The first-order chi connectivity index (χ1) is 8.61. The molecule has 2 nitrogen and oxygen atoms in total. The number of nitrogens with one attached hydrogen (secondary N) is 1. The second-order valence-electron chi connectivity index (χ2n) is 4.60. The molecule has 18 heavy (non-hydrogen) atoms. The van der Waals surface area contributed by atoms with E-state index in [4.69, 9.17) is 0 Å². The van der Waals surface area contributed by atoms with Crippen LogP contribution in [0.3, 0.4) is 0 Å². The molecule has 0 radical (unpaired) electrons. The van der Waals surface area contributed by atoms with Crippen LogP contribution in [0.5, 0.6) is 0 Å². The molecular formula is C13H17BrF2N2. The van der Waals surface area contributed by atoms with E-state index in [0.29, 0.717) is 23.6 Å². The zero-order valence-electron chi connectivity index (χ0n) is 10.3. The van der Waals surface area contributed by atoms with Crippen molar-refractivity contribution in [2.75, 3.05) is 24.5 Å². The number of rotatable bonds is 4. The van der Waals surface area contributed by atoms with Crippen molar-refractivity contribution in [3.8, 4) is 0 Å². The van der Waals surface area contributed by atoms with Crippen LogP contribution in [-0.4, -0.2) is 25.7 Å². The van der Waals surface area contributed by atoms with Crippen LogP contribution in [0.4, 0.5) is 14.5 Å². The molecule has 1 aromatic rings. The summed E-state index contributed by atoms with van der Waals surface area (Å²) in [6.07, 6.45) is 1.99.